The number of hydrogen-bond donors (Lipinski definition) is 1. The average molecular weight is 225 g/mol. The summed E-state index contributed by atoms with van der Waals surface area (Å²) in [5.74, 6) is 0. The molecule has 2 aliphatic heterocycles. The zero-order chi connectivity index (χ0) is 11.5. The molecule has 0 spiro atoms. The van der Waals surface area contributed by atoms with E-state index in [0.717, 1.165) is 12.6 Å². The van der Waals surface area contributed by atoms with Crippen molar-refractivity contribution in [3.63, 3.8) is 0 Å². The van der Waals surface area contributed by atoms with Crippen LogP contribution in [0.15, 0.2) is 0 Å². The van der Waals surface area contributed by atoms with E-state index >= 15 is 0 Å². The summed E-state index contributed by atoms with van der Waals surface area (Å²) in [6.07, 6.45) is 4.20. The number of piperazine rings is 1. The first-order valence-electron chi connectivity index (χ1n) is 6.84. The highest BCUT2D eigenvalue weighted by Gasteiger charge is 2.27. The minimum Gasteiger partial charge on any atom is -0.311 e. The van der Waals surface area contributed by atoms with E-state index in [1.54, 1.807) is 0 Å². The van der Waals surface area contributed by atoms with E-state index in [0.29, 0.717) is 12.1 Å². The van der Waals surface area contributed by atoms with Crippen molar-refractivity contribution >= 4 is 0 Å². The van der Waals surface area contributed by atoms with Gasteiger partial charge in [-0.15, -0.1) is 0 Å². The average Bonchev–Trinajstić information content (AvgIpc) is 2.27. The van der Waals surface area contributed by atoms with Crippen LogP contribution in [-0.2, 0) is 0 Å². The molecular formula is C13H27N3. The molecule has 0 aromatic rings. The number of nitrogens with one attached hydrogen (secondary N) is 1. The minimum atomic E-state index is 0.657. The Morgan fingerprint density at radius 3 is 2.81 bits per heavy atom. The fourth-order valence-corrected chi connectivity index (χ4v) is 3.00. The smallest absolute Gasteiger partial charge is 0.0220 e. The number of hydrogen-bond acceptors (Lipinski definition) is 3. The zero-order valence-corrected chi connectivity index (χ0v) is 11.1. The summed E-state index contributed by atoms with van der Waals surface area (Å²) in [6, 6.07) is 2.15. The van der Waals surface area contributed by atoms with Gasteiger partial charge in [0.2, 0.25) is 0 Å². The Balaban J connectivity index is 1.86. The molecule has 2 aliphatic rings. The Kier molecular flexibility index (Phi) is 4.22. The molecule has 2 fully saturated rings. The topological polar surface area (TPSA) is 18.5 Å². The van der Waals surface area contributed by atoms with Gasteiger partial charge in [0.05, 0.1) is 0 Å². The van der Waals surface area contributed by atoms with Crippen molar-refractivity contribution in [3.05, 3.63) is 0 Å². The number of likely N-dealkylation sites (N-methyl/N-ethyl adjacent to an activating group) is 1. The summed E-state index contributed by atoms with van der Waals surface area (Å²) >= 11 is 0. The molecule has 3 nitrogen and oxygen atoms in total. The standard InChI is InChI=1S/C13H27N3/c1-11-9-16(12(2)8-14-11)10-13-6-4-5-7-15(13)3/h11-14H,4-10H2,1-3H3. The van der Waals surface area contributed by atoms with Crippen molar-refractivity contribution in [1.29, 1.82) is 0 Å². The Morgan fingerprint density at radius 1 is 1.25 bits per heavy atom. The van der Waals surface area contributed by atoms with E-state index in [1.807, 2.05) is 0 Å². The molecule has 3 heteroatoms. The van der Waals surface area contributed by atoms with Crippen LogP contribution in [0.5, 0.6) is 0 Å². The van der Waals surface area contributed by atoms with Crippen molar-refractivity contribution < 1.29 is 0 Å². The van der Waals surface area contributed by atoms with Crippen molar-refractivity contribution in [3.8, 4) is 0 Å². The molecule has 3 atom stereocenters. The second kappa shape index (κ2) is 5.48. The van der Waals surface area contributed by atoms with Crippen molar-refractivity contribution in [2.45, 2.75) is 51.2 Å². The van der Waals surface area contributed by atoms with E-state index in [-0.39, 0.29) is 0 Å². The van der Waals surface area contributed by atoms with Gasteiger partial charge in [0, 0.05) is 37.8 Å². The van der Waals surface area contributed by atoms with Crippen molar-refractivity contribution in [1.82, 2.24) is 15.1 Å². The van der Waals surface area contributed by atoms with Gasteiger partial charge in [0.15, 0.2) is 0 Å². The largest absolute Gasteiger partial charge is 0.311 e. The van der Waals surface area contributed by atoms with Crippen molar-refractivity contribution in [2.24, 2.45) is 0 Å². The quantitative estimate of drug-likeness (QED) is 0.760. The molecule has 0 aliphatic carbocycles. The lowest BCUT2D eigenvalue weighted by Gasteiger charge is -2.42. The van der Waals surface area contributed by atoms with Crippen LogP contribution < -0.4 is 5.32 Å². The predicted octanol–water partition coefficient (Wildman–Crippen LogP) is 1.15. The summed E-state index contributed by atoms with van der Waals surface area (Å²) in [7, 11) is 2.29. The number of nitrogens with zero attached hydrogens (tertiary/aromatic N) is 2. The van der Waals surface area contributed by atoms with Crippen LogP contribution in [0.2, 0.25) is 0 Å². The number of rotatable bonds is 2. The second-order valence-corrected chi connectivity index (χ2v) is 5.74. The molecule has 1 N–H and O–H groups in total. The van der Waals surface area contributed by atoms with Crippen LogP contribution in [0, 0.1) is 0 Å². The molecule has 3 unspecified atom stereocenters. The summed E-state index contributed by atoms with van der Waals surface area (Å²) < 4.78 is 0. The fraction of sp³-hybridized carbons (Fsp3) is 1.00. The van der Waals surface area contributed by atoms with E-state index in [9.17, 15) is 0 Å². The van der Waals surface area contributed by atoms with Crippen molar-refractivity contribution in [2.75, 3.05) is 33.2 Å². The molecule has 0 aromatic carbocycles. The highest BCUT2D eigenvalue weighted by Crippen LogP contribution is 2.18. The molecule has 2 rings (SSSR count). The first-order valence-corrected chi connectivity index (χ1v) is 6.84. The van der Waals surface area contributed by atoms with Gasteiger partial charge in [-0.1, -0.05) is 6.42 Å². The van der Waals surface area contributed by atoms with Gasteiger partial charge < -0.3 is 10.2 Å². The van der Waals surface area contributed by atoms with E-state index < -0.39 is 0 Å². The molecule has 0 saturated carbocycles. The summed E-state index contributed by atoms with van der Waals surface area (Å²) in [4.78, 5) is 5.23. The number of piperidine rings is 1. The maximum atomic E-state index is 3.55. The fourth-order valence-electron chi connectivity index (χ4n) is 3.00. The highest BCUT2D eigenvalue weighted by atomic mass is 15.3. The second-order valence-electron chi connectivity index (χ2n) is 5.74. The molecule has 94 valence electrons. The lowest BCUT2D eigenvalue weighted by atomic mass is 10.0. The summed E-state index contributed by atoms with van der Waals surface area (Å²) in [6.45, 7) is 9.57. The molecule has 0 aromatic heterocycles. The van der Waals surface area contributed by atoms with Gasteiger partial charge >= 0.3 is 0 Å². The molecule has 0 bridgehead atoms. The molecule has 0 radical (unpaired) electrons. The zero-order valence-electron chi connectivity index (χ0n) is 11.1. The van der Waals surface area contributed by atoms with Gasteiger partial charge in [0.25, 0.3) is 0 Å². The predicted molar refractivity (Wildman–Crippen MR) is 68.8 cm³/mol. The van der Waals surface area contributed by atoms with Gasteiger partial charge in [-0.2, -0.15) is 0 Å². The van der Waals surface area contributed by atoms with Gasteiger partial charge in [-0.3, -0.25) is 4.90 Å². The van der Waals surface area contributed by atoms with Crippen LogP contribution >= 0.6 is 0 Å². The van der Waals surface area contributed by atoms with Crippen LogP contribution in [0.25, 0.3) is 0 Å². The van der Waals surface area contributed by atoms with E-state index in [4.69, 9.17) is 0 Å². The molecule has 2 saturated heterocycles. The van der Waals surface area contributed by atoms with Gasteiger partial charge in [0.1, 0.15) is 0 Å². The Labute approximate surface area is 100 Å². The van der Waals surface area contributed by atoms with Gasteiger partial charge in [-0.25, -0.2) is 0 Å². The lowest BCUT2D eigenvalue weighted by Crippen LogP contribution is -2.57. The van der Waals surface area contributed by atoms with E-state index in [1.165, 1.54) is 38.9 Å². The third kappa shape index (κ3) is 2.96. The van der Waals surface area contributed by atoms with Crippen LogP contribution in [0.3, 0.4) is 0 Å². The maximum absolute atomic E-state index is 3.55. The lowest BCUT2D eigenvalue weighted by molar-refractivity contribution is 0.0818. The first-order chi connectivity index (χ1) is 7.66. The molecule has 0 amide bonds. The molecule has 16 heavy (non-hydrogen) atoms. The third-order valence-corrected chi connectivity index (χ3v) is 4.26. The highest BCUT2D eigenvalue weighted by molar-refractivity contribution is 4.86. The number of likely N-dealkylation sites (tertiary alicyclic amines) is 1. The SMILES string of the molecule is CC1CN(CC2CCCCN2C)C(C)CN1. The van der Waals surface area contributed by atoms with Crippen LogP contribution in [0.4, 0.5) is 0 Å². The normalized spacial score (nSPS) is 38.8. The Morgan fingerprint density at radius 2 is 2.06 bits per heavy atom. The monoisotopic (exact) mass is 225 g/mol. The van der Waals surface area contributed by atoms with Gasteiger partial charge in [-0.05, 0) is 40.3 Å². The summed E-state index contributed by atoms with van der Waals surface area (Å²) in [5, 5.41) is 3.55. The minimum absolute atomic E-state index is 0.657. The Bertz CT molecular complexity index is 219. The van der Waals surface area contributed by atoms with Crippen LogP contribution in [-0.4, -0.2) is 61.2 Å². The van der Waals surface area contributed by atoms with E-state index in [2.05, 4.69) is 36.0 Å². The van der Waals surface area contributed by atoms with Crippen LogP contribution in [0.1, 0.15) is 33.1 Å². The first kappa shape index (κ1) is 12.3. The Hall–Kier alpha value is -0.120. The molecular weight excluding hydrogens is 198 g/mol. The third-order valence-electron chi connectivity index (χ3n) is 4.26. The maximum Gasteiger partial charge on any atom is 0.0220 e. The summed E-state index contributed by atoms with van der Waals surface area (Å²) in [5.41, 5.74) is 0. The molecule has 2 heterocycles.